The normalized spacial score (nSPS) is 10.3. The molecule has 0 bridgehead atoms. The Kier molecular flexibility index (Phi) is 6.38. The van der Waals surface area contributed by atoms with Gasteiger partial charge in [0.2, 0.25) is 0 Å². The van der Waals surface area contributed by atoms with Gasteiger partial charge in [-0.1, -0.05) is 12.1 Å². The van der Waals surface area contributed by atoms with E-state index in [2.05, 4.69) is 5.32 Å². The number of ether oxygens (including phenoxy) is 2. The summed E-state index contributed by atoms with van der Waals surface area (Å²) >= 11 is 1.13. The van der Waals surface area contributed by atoms with Crippen LogP contribution in [-0.4, -0.2) is 30.5 Å². The molecule has 1 heterocycles. The lowest BCUT2D eigenvalue weighted by molar-refractivity contribution is -0.384. The fraction of sp³-hybridized carbons (Fsp3) is 0.100. The van der Waals surface area contributed by atoms with Crippen molar-refractivity contribution < 1.29 is 28.4 Å². The molecule has 154 valence electrons. The molecule has 30 heavy (non-hydrogen) atoms. The molecule has 0 aliphatic carbocycles. The SMILES string of the molecule is COc1ccc(NC(=O)COC(=O)c2ccc(-c3ccc(F)cc3)s2)c([N+](=O)[O-])c1. The molecule has 0 aliphatic rings. The first kappa shape index (κ1) is 20.9. The number of anilines is 1. The van der Waals surface area contributed by atoms with Gasteiger partial charge in [0.25, 0.3) is 11.6 Å². The van der Waals surface area contributed by atoms with Crippen molar-refractivity contribution in [3.05, 3.63) is 75.4 Å². The second-order valence-corrected chi connectivity index (χ2v) is 7.02. The van der Waals surface area contributed by atoms with Gasteiger partial charge >= 0.3 is 5.97 Å². The highest BCUT2D eigenvalue weighted by Crippen LogP contribution is 2.30. The van der Waals surface area contributed by atoms with Gasteiger partial charge < -0.3 is 14.8 Å². The van der Waals surface area contributed by atoms with E-state index in [1.807, 2.05) is 0 Å². The number of rotatable bonds is 7. The summed E-state index contributed by atoms with van der Waals surface area (Å²) in [7, 11) is 1.36. The zero-order valence-corrected chi connectivity index (χ0v) is 16.4. The van der Waals surface area contributed by atoms with Gasteiger partial charge in [-0.15, -0.1) is 11.3 Å². The first-order valence-corrected chi connectivity index (χ1v) is 9.34. The van der Waals surface area contributed by atoms with Gasteiger partial charge in [0.15, 0.2) is 6.61 Å². The van der Waals surface area contributed by atoms with E-state index in [1.165, 1.54) is 43.5 Å². The number of nitrogens with one attached hydrogen (secondary N) is 1. The number of nitro benzene ring substituents is 1. The third-order valence-electron chi connectivity index (χ3n) is 3.95. The Morgan fingerprint density at radius 3 is 2.53 bits per heavy atom. The number of nitrogens with zero attached hydrogens (tertiary/aromatic N) is 1. The number of thiophene rings is 1. The Hall–Kier alpha value is -3.79. The Morgan fingerprint density at radius 2 is 1.87 bits per heavy atom. The van der Waals surface area contributed by atoms with E-state index < -0.39 is 23.4 Å². The van der Waals surface area contributed by atoms with E-state index in [4.69, 9.17) is 9.47 Å². The molecule has 0 saturated carbocycles. The van der Waals surface area contributed by atoms with E-state index in [1.54, 1.807) is 18.2 Å². The summed E-state index contributed by atoms with van der Waals surface area (Å²) in [5, 5.41) is 13.5. The Bertz CT molecular complexity index is 1100. The van der Waals surface area contributed by atoms with E-state index in [0.29, 0.717) is 0 Å². The zero-order valence-electron chi connectivity index (χ0n) is 15.6. The van der Waals surface area contributed by atoms with Crippen LogP contribution in [0.25, 0.3) is 10.4 Å². The summed E-state index contributed by atoms with van der Waals surface area (Å²) in [5.74, 6) is -1.54. The molecule has 2 aromatic carbocycles. The molecule has 0 spiro atoms. The van der Waals surface area contributed by atoms with Gasteiger partial charge in [-0.05, 0) is 42.0 Å². The van der Waals surface area contributed by atoms with Crippen LogP contribution in [0.15, 0.2) is 54.6 Å². The fourth-order valence-corrected chi connectivity index (χ4v) is 3.41. The highest BCUT2D eigenvalue weighted by Gasteiger charge is 2.19. The van der Waals surface area contributed by atoms with Crippen LogP contribution in [0.4, 0.5) is 15.8 Å². The molecule has 3 aromatic rings. The van der Waals surface area contributed by atoms with Crippen molar-refractivity contribution in [2.45, 2.75) is 0 Å². The average molecular weight is 430 g/mol. The molecule has 1 amide bonds. The van der Waals surface area contributed by atoms with Crippen molar-refractivity contribution >= 4 is 34.6 Å². The first-order valence-electron chi connectivity index (χ1n) is 8.52. The van der Waals surface area contributed by atoms with E-state index in [9.17, 15) is 24.1 Å². The molecule has 1 aromatic heterocycles. The summed E-state index contributed by atoms with van der Waals surface area (Å²) in [6.07, 6.45) is 0. The summed E-state index contributed by atoms with van der Waals surface area (Å²) in [6, 6.07) is 13.0. The number of amides is 1. The quantitative estimate of drug-likeness (QED) is 0.341. The Morgan fingerprint density at radius 1 is 1.13 bits per heavy atom. The van der Waals surface area contributed by atoms with E-state index in [0.717, 1.165) is 21.8 Å². The summed E-state index contributed by atoms with van der Waals surface area (Å²) in [5.41, 5.74) is 0.345. The number of halogens is 1. The van der Waals surface area contributed by atoms with Crippen LogP contribution in [-0.2, 0) is 9.53 Å². The second-order valence-electron chi connectivity index (χ2n) is 5.94. The topological polar surface area (TPSA) is 108 Å². The molecule has 0 radical (unpaired) electrons. The van der Waals surface area contributed by atoms with Crippen LogP contribution in [0, 0.1) is 15.9 Å². The number of methoxy groups -OCH3 is 1. The molecule has 0 atom stereocenters. The molecular formula is C20H15FN2O6S. The number of hydrogen-bond acceptors (Lipinski definition) is 7. The zero-order chi connectivity index (χ0) is 21.7. The third-order valence-corrected chi connectivity index (χ3v) is 5.06. The molecule has 0 aliphatic heterocycles. The monoisotopic (exact) mass is 430 g/mol. The largest absolute Gasteiger partial charge is 0.496 e. The molecule has 0 saturated heterocycles. The number of carbonyl (C=O) groups is 2. The van der Waals surface area contributed by atoms with Gasteiger partial charge in [0, 0.05) is 4.88 Å². The summed E-state index contributed by atoms with van der Waals surface area (Å²) in [6.45, 7) is -0.619. The number of benzene rings is 2. The number of carbonyl (C=O) groups excluding carboxylic acids is 2. The third kappa shape index (κ3) is 4.97. The highest BCUT2D eigenvalue weighted by molar-refractivity contribution is 7.17. The van der Waals surface area contributed by atoms with Crippen molar-refractivity contribution in [2.24, 2.45) is 0 Å². The maximum absolute atomic E-state index is 13.0. The molecule has 8 nitrogen and oxygen atoms in total. The van der Waals surface area contributed by atoms with Crippen LogP contribution in [0.3, 0.4) is 0 Å². The minimum atomic E-state index is -0.730. The van der Waals surface area contributed by atoms with Gasteiger partial charge in [-0.2, -0.15) is 0 Å². The van der Waals surface area contributed by atoms with Crippen molar-refractivity contribution in [3.8, 4) is 16.2 Å². The molecule has 3 rings (SSSR count). The second kappa shape index (κ2) is 9.14. The van der Waals surface area contributed by atoms with Crippen LogP contribution in [0.2, 0.25) is 0 Å². The predicted molar refractivity (Wildman–Crippen MR) is 108 cm³/mol. The van der Waals surface area contributed by atoms with Crippen molar-refractivity contribution in [2.75, 3.05) is 19.0 Å². The number of nitro groups is 1. The predicted octanol–water partition coefficient (Wildman–Crippen LogP) is 4.27. The van der Waals surface area contributed by atoms with Gasteiger partial charge in [0.05, 0.1) is 18.1 Å². The van der Waals surface area contributed by atoms with Gasteiger partial charge in [-0.25, -0.2) is 9.18 Å². The average Bonchev–Trinajstić information content (AvgIpc) is 3.23. The molecular weight excluding hydrogens is 415 g/mol. The first-order chi connectivity index (χ1) is 14.4. The van der Waals surface area contributed by atoms with Crippen molar-refractivity contribution in [1.82, 2.24) is 0 Å². The smallest absolute Gasteiger partial charge is 0.348 e. The van der Waals surface area contributed by atoms with Crippen LogP contribution >= 0.6 is 11.3 Å². The molecule has 0 unspecified atom stereocenters. The Balaban J connectivity index is 1.61. The lowest BCUT2D eigenvalue weighted by atomic mass is 10.2. The van der Waals surface area contributed by atoms with Crippen LogP contribution in [0.5, 0.6) is 5.75 Å². The lowest BCUT2D eigenvalue weighted by Crippen LogP contribution is -2.21. The standard InChI is InChI=1S/C20H15FN2O6S/c1-28-14-6-7-15(16(10-14)23(26)27)22-19(24)11-29-20(25)18-9-8-17(30-18)12-2-4-13(21)5-3-12/h2-10H,11H2,1H3,(H,22,24). The maximum atomic E-state index is 13.0. The van der Waals surface area contributed by atoms with Crippen molar-refractivity contribution in [3.63, 3.8) is 0 Å². The number of hydrogen-bond donors (Lipinski definition) is 1. The van der Waals surface area contributed by atoms with Gasteiger partial charge in [-0.3, -0.25) is 14.9 Å². The Labute approximate surface area is 174 Å². The summed E-state index contributed by atoms with van der Waals surface area (Å²) in [4.78, 5) is 35.7. The fourth-order valence-electron chi connectivity index (χ4n) is 2.50. The highest BCUT2D eigenvalue weighted by atomic mass is 32.1. The van der Waals surface area contributed by atoms with Crippen LogP contribution in [0.1, 0.15) is 9.67 Å². The van der Waals surface area contributed by atoms with Gasteiger partial charge in [0.1, 0.15) is 22.1 Å². The minimum absolute atomic E-state index is 0.0448. The molecule has 0 fully saturated rings. The molecule has 10 heteroatoms. The van der Waals surface area contributed by atoms with E-state index >= 15 is 0 Å². The number of esters is 1. The van der Waals surface area contributed by atoms with Crippen molar-refractivity contribution in [1.29, 1.82) is 0 Å². The van der Waals surface area contributed by atoms with E-state index in [-0.39, 0.29) is 27.8 Å². The summed E-state index contributed by atoms with van der Waals surface area (Å²) < 4.78 is 22.9. The van der Waals surface area contributed by atoms with Crippen LogP contribution < -0.4 is 10.1 Å². The lowest BCUT2D eigenvalue weighted by Gasteiger charge is -2.08. The maximum Gasteiger partial charge on any atom is 0.348 e. The molecule has 1 N–H and O–H groups in total. The minimum Gasteiger partial charge on any atom is -0.496 e.